The summed E-state index contributed by atoms with van der Waals surface area (Å²) in [5, 5.41) is 25.7. The second-order valence-electron chi connectivity index (χ2n) is 10.0. The van der Waals surface area contributed by atoms with E-state index in [2.05, 4.69) is 27.4 Å². The highest BCUT2D eigenvalue weighted by Gasteiger charge is 2.44. The summed E-state index contributed by atoms with van der Waals surface area (Å²) in [4.78, 5) is 36.9. The lowest BCUT2D eigenvalue weighted by molar-refractivity contribution is -0.125. The highest BCUT2D eigenvalue weighted by molar-refractivity contribution is 6.01. The first-order valence-corrected chi connectivity index (χ1v) is 12.9. The standard InChI is InChI=1S/C27H30N7O5/c1-3-32-6-8-33(9-7-32)23(28)17-10-21-20(29-13-17)12-22(39-21)27(25(36)30-26(37)31-27)15-34-14-16-4-5-18(38-2)11-19(16)24(34)35/h4-5,10-13,26,28,37H,3,6-9,14-15H2,1-2H3,(H,30,36)/q-1/t26?,27-/m1/s1. The molecule has 2 saturated heterocycles. The van der Waals surface area contributed by atoms with Crippen LogP contribution < -0.4 is 10.1 Å². The van der Waals surface area contributed by atoms with Gasteiger partial charge >= 0.3 is 0 Å². The Morgan fingerprint density at radius 2 is 2.05 bits per heavy atom. The largest absolute Gasteiger partial charge is 0.597 e. The summed E-state index contributed by atoms with van der Waals surface area (Å²) in [5.74, 6) is 0.260. The molecule has 0 saturated carbocycles. The monoisotopic (exact) mass is 532 g/mol. The van der Waals surface area contributed by atoms with Gasteiger partial charge in [-0.3, -0.25) is 20.0 Å². The summed E-state index contributed by atoms with van der Waals surface area (Å²) in [6.45, 7) is 6.58. The molecule has 1 aromatic carbocycles. The lowest BCUT2D eigenvalue weighted by atomic mass is 9.95. The van der Waals surface area contributed by atoms with Crippen LogP contribution in [0, 0.1) is 5.41 Å². The number of benzene rings is 1. The predicted octanol–water partition coefficient (Wildman–Crippen LogP) is 1.43. The molecular formula is C27H30N7O5-. The van der Waals surface area contributed by atoms with Crippen LogP contribution in [0.4, 0.5) is 0 Å². The second-order valence-corrected chi connectivity index (χ2v) is 10.0. The van der Waals surface area contributed by atoms with Gasteiger partial charge in [0, 0.05) is 74.5 Å². The number of pyridine rings is 1. The Labute approximate surface area is 225 Å². The van der Waals surface area contributed by atoms with Crippen molar-refractivity contribution >= 4 is 28.7 Å². The number of hydrogen-bond donors (Lipinski definition) is 3. The first kappa shape index (κ1) is 25.3. The highest BCUT2D eigenvalue weighted by atomic mass is 16.5. The molecule has 2 aromatic heterocycles. The fourth-order valence-electron chi connectivity index (χ4n) is 5.49. The molecule has 1 unspecified atom stereocenters. The van der Waals surface area contributed by atoms with Crippen molar-refractivity contribution in [3.63, 3.8) is 0 Å². The zero-order valence-electron chi connectivity index (χ0n) is 21.8. The van der Waals surface area contributed by atoms with Crippen molar-refractivity contribution in [3.05, 3.63) is 64.3 Å². The molecule has 12 heteroatoms. The first-order chi connectivity index (χ1) is 18.8. The lowest BCUT2D eigenvalue weighted by Crippen LogP contribution is -2.48. The number of furan rings is 1. The van der Waals surface area contributed by atoms with Gasteiger partial charge in [-0.1, -0.05) is 13.0 Å². The van der Waals surface area contributed by atoms with Crippen LogP contribution in [0.5, 0.6) is 5.75 Å². The van der Waals surface area contributed by atoms with E-state index in [4.69, 9.17) is 14.6 Å². The van der Waals surface area contributed by atoms with E-state index >= 15 is 0 Å². The molecule has 12 nitrogen and oxygen atoms in total. The van der Waals surface area contributed by atoms with E-state index in [0.29, 0.717) is 33.8 Å². The van der Waals surface area contributed by atoms with E-state index in [1.54, 1.807) is 30.5 Å². The number of amides is 2. The van der Waals surface area contributed by atoms with Crippen LogP contribution in [-0.4, -0.2) is 95.2 Å². The number of hydrogen-bond acceptors (Lipinski definition) is 8. The Kier molecular flexibility index (Phi) is 6.25. The Morgan fingerprint density at radius 1 is 1.26 bits per heavy atom. The highest BCUT2D eigenvalue weighted by Crippen LogP contribution is 2.41. The number of aliphatic hydroxyl groups is 1. The Bertz CT molecular complexity index is 1460. The van der Waals surface area contributed by atoms with Gasteiger partial charge in [0.25, 0.3) is 5.91 Å². The number of fused-ring (bicyclic) bond motifs is 2. The normalized spacial score (nSPS) is 23.4. The van der Waals surface area contributed by atoms with Crippen molar-refractivity contribution in [2.24, 2.45) is 0 Å². The van der Waals surface area contributed by atoms with Crippen molar-refractivity contribution in [1.82, 2.24) is 25.0 Å². The number of amidine groups is 1. The van der Waals surface area contributed by atoms with Crippen LogP contribution in [0.25, 0.3) is 16.4 Å². The Morgan fingerprint density at radius 3 is 2.74 bits per heavy atom. The van der Waals surface area contributed by atoms with E-state index in [9.17, 15) is 14.7 Å². The molecule has 3 aliphatic heterocycles. The average molecular weight is 533 g/mol. The molecule has 0 bridgehead atoms. The van der Waals surface area contributed by atoms with Gasteiger partial charge in [-0.2, -0.15) is 0 Å². The van der Waals surface area contributed by atoms with Crippen LogP contribution in [0.15, 0.2) is 40.9 Å². The number of ether oxygens (including phenoxy) is 1. The predicted molar refractivity (Wildman–Crippen MR) is 141 cm³/mol. The third-order valence-corrected chi connectivity index (χ3v) is 7.78. The summed E-state index contributed by atoms with van der Waals surface area (Å²) >= 11 is 0. The minimum atomic E-state index is -1.66. The van der Waals surface area contributed by atoms with E-state index in [0.717, 1.165) is 38.3 Å². The van der Waals surface area contributed by atoms with E-state index < -0.39 is 17.8 Å². The number of methoxy groups -OCH3 is 1. The number of rotatable bonds is 6. The first-order valence-electron chi connectivity index (χ1n) is 12.9. The molecule has 0 spiro atoms. The quantitative estimate of drug-likeness (QED) is 0.319. The summed E-state index contributed by atoms with van der Waals surface area (Å²) in [6, 6.07) is 8.63. The number of piperazine rings is 1. The molecule has 3 N–H and O–H groups in total. The van der Waals surface area contributed by atoms with Gasteiger partial charge in [0.05, 0.1) is 7.11 Å². The average Bonchev–Trinajstić information content (AvgIpc) is 3.61. The fourth-order valence-corrected chi connectivity index (χ4v) is 5.49. The van der Waals surface area contributed by atoms with Gasteiger partial charge in [0.15, 0.2) is 5.58 Å². The molecule has 2 amide bonds. The summed E-state index contributed by atoms with van der Waals surface area (Å²) in [7, 11) is 1.53. The van der Waals surface area contributed by atoms with Gasteiger partial charge in [-0.05, 0) is 30.3 Å². The summed E-state index contributed by atoms with van der Waals surface area (Å²) in [5.41, 5.74) is 1.13. The lowest BCUT2D eigenvalue weighted by Gasteiger charge is -2.39. The molecule has 5 heterocycles. The molecule has 2 fully saturated rings. The Hall–Kier alpha value is -4.00. The van der Waals surface area contributed by atoms with Crippen molar-refractivity contribution in [3.8, 4) is 5.75 Å². The van der Waals surface area contributed by atoms with E-state index in [1.165, 1.54) is 12.0 Å². The van der Waals surface area contributed by atoms with E-state index in [-0.39, 0.29) is 24.8 Å². The zero-order chi connectivity index (χ0) is 27.3. The van der Waals surface area contributed by atoms with Gasteiger partial charge < -0.3 is 39.6 Å². The van der Waals surface area contributed by atoms with Crippen LogP contribution in [0.2, 0.25) is 0 Å². The molecule has 3 aromatic rings. The molecule has 204 valence electrons. The number of carbonyl (C=O) groups is 2. The third-order valence-electron chi connectivity index (χ3n) is 7.78. The van der Waals surface area contributed by atoms with E-state index in [1.807, 2.05) is 11.0 Å². The number of aromatic nitrogens is 1. The third kappa shape index (κ3) is 4.30. The molecule has 39 heavy (non-hydrogen) atoms. The van der Waals surface area contributed by atoms with Gasteiger partial charge in [-0.25, -0.2) is 0 Å². The fraction of sp³-hybridized carbons (Fsp3) is 0.407. The maximum absolute atomic E-state index is 13.3. The van der Waals surface area contributed by atoms with Crippen LogP contribution >= 0.6 is 0 Å². The molecular weight excluding hydrogens is 502 g/mol. The van der Waals surface area contributed by atoms with Gasteiger partial charge in [-0.15, -0.1) is 0 Å². The number of nitrogens with zero attached hydrogens (tertiary/aromatic N) is 5. The molecule has 3 aliphatic rings. The maximum atomic E-state index is 13.3. The maximum Gasteiger partial charge on any atom is 0.254 e. The number of carbonyl (C=O) groups excluding carboxylic acids is 2. The number of nitrogens with one attached hydrogen (secondary N) is 2. The molecule has 0 aliphatic carbocycles. The number of aliphatic hydroxyl groups excluding tert-OH is 1. The topological polar surface area (TPSA) is 149 Å². The smallest absolute Gasteiger partial charge is 0.254 e. The van der Waals surface area contributed by atoms with Crippen molar-refractivity contribution in [2.75, 3.05) is 46.4 Å². The SMILES string of the molecule is CCN1CCN(C(=N)c2cnc3cc([C@@]4(CN5Cc6ccc(OC)cc6C5=O)[N-]C(O)NC4=O)oc3c2)CC1. The van der Waals surface area contributed by atoms with Crippen LogP contribution in [-0.2, 0) is 16.9 Å². The zero-order valence-corrected chi connectivity index (χ0v) is 21.8. The second kappa shape index (κ2) is 9.63. The van der Waals surface area contributed by atoms with Crippen molar-refractivity contribution in [1.29, 1.82) is 5.41 Å². The summed E-state index contributed by atoms with van der Waals surface area (Å²) in [6.07, 6.45) is 0.182. The Balaban J connectivity index is 1.29. The van der Waals surface area contributed by atoms with Crippen LogP contribution in [0.3, 0.4) is 0 Å². The summed E-state index contributed by atoms with van der Waals surface area (Å²) < 4.78 is 11.4. The molecule has 6 rings (SSSR count). The minimum absolute atomic E-state index is 0.129. The molecule has 0 radical (unpaired) electrons. The van der Waals surface area contributed by atoms with Crippen molar-refractivity contribution < 1.29 is 23.8 Å². The van der Waals surface area contributed by atoms with Gasteiger partial charge in [0.1, 0.15) is 22.9 Å². The number of likely N-dealkylation sites (N-methyl/N-ethyl adjacent to an activating group) is 1. The minimum Gasteiger partial charge on any atom is -0.597 e. The van der Waals surface area contributed by atoms with Gasteiger partial charge in [0.2, 0.25) is 5.91 Å². The van der Waals surface area contributed by atoms with Crippen molar-refractivity contribution in [2.45, 2.75) is 25.4 Å². The molecule has 2 atom stereocenters. The van der Waals surface area contributed by atoms with Crippen LogP contribution in [0.1, 0.15) is 34.2 Å².